The molecule has 3 aromatic rings. The number of aromatic nitrogens is 2. The van der Waals surface area contributed by atoms with Crippen LogP contribution in [0.25, 0.3) is 0 Å². The van der Waals surface area contributed by atoms with E-state index >= 15 is 0 Å². The Morgan fingerprint density at radius 3 is 2.50 bits per heavy atom. The van der Waals surface area contributed by atoms with Gasteiger partial charge in [0.15, 0.2) is 5.69 Å². The number of nitrogens with one attached hydrogen (secondary N) is 1. The number of nitriles is 1. The zero-order chi connectivity index (χ0) is 24.5. The first-order valence-corrected chi connectivity index (χ1v) is 11.7. The number of hydrogen-bond donors (Lipinski definition) is 1. The number of oxazole rings is 1. The molecule has 2 heterocycles. The van der Waals surface area contributed by atoms with Gasteiger partial charge in [0.25, 0.3) is 5.91 Å². The molecule has 1 saturated carbocycles. The van der Waals surface area contributed by atoms with Gasteiger partial charge in [0, 0.05) is 24.1 Å². The summed E-state index contributed by atoms with van der Waals surface area (Å²) in [6.45, 7) is -0.0184. The average Bonchev–Trinajstić information content (AvgIpc) is 3.55. The van der Waals surface area contributed by atoms with Gasteiger partial charge in [-0.3, -0.25) is 19.4 Å². The fourth-order valence-corrected chi connectivity index (χ4v) is 3.59. The predicted molar refractivity (Wildman–Crippen MR) is 116 cm³/mol. The summed E-state index contributed by atoms with van der Waals surface area (Å²) in [6, 6.07) is 10.6. The first-order chi connectivity index (χ1) is 16.2. The lowest BCUT2D eigenvalue weighted by Crippen LogP contribution is -2.26. The molecule has 4 rings (SSSR count). The van der Waals surface area contributed by atoms with Crippen molar-refractivity contribution in [2.75, 3.05) is 11.2 Å². The Hall–Kier alpha value is -3.72. The van der Waals surface area contributed by atoms with Gasteiger partial charge >= 0.3 is 12.2 Å². The fourth-order valence-electron chi connectivity index (χ4n) is 3.23. The van der Waals surface area contributed by atoms with Gasteiger partial charge in [0.1, 0.15) is 16.7 Å². The normalized spacial score (nSPS) is 14.3. The maximum Gasteiger partial charge on any atom is 0.417 e. The van der Waals surface area contributed by atoms with Crippen LogP contribution in [0.15, 0.2) is 47.0 Å². The summed E-state index contributed by atoms with van der Waals surface area (Å²) >= 11 is 0. The van der Waals surface area contributed by atoms with Crippen molar-refractivity contribution in [3.8, 4) is 6.07 Å². The van der Waals surface area contributed by atoms with Crippen LogP contribution < -0.4 is 9.62 Å². The largest absolute Gasteiger partial charge is 0.427 e. The monoisotopic (exact) mass is 489 g/mol. The molecular weight excluding hydrogens is 471 g/mol. The molecule has 1 atom stereocenters. The Balaban J connectivity index is 1.73. The Kier molecular flexibility index (Phi) is 6.39. The molecule has 1 fully saturated rings. The number of carbonyl (C=O) groups is 1. The summed E-state index contributed by atoms with van der Waals surface area (Å²) in [4.78, 5) is 22.4. The smallest absolute Gasteiger partial charge is 0.417 e. The van der Waals surface area contributed by atoms with E-state index in [0.717, 1.165) is 25.1 Å². The van der Waals surface area contributed by atoms with Gasteiger partial charge < -0.3 is 4.42 Å². The number of halogens is 3. The number of rotatable bonds is 7. The summed E-state index contributed by atoms with van der Waals surface area (Å²) in [7, 11) is -1.61. The quantitative estimate of drug-likeness (QED) is 0.529. The molecule has 8 nitrogen and oxygen atoms in total. The van der Waals surface area contributed by atoms with Crippen LogP contribution in [-0.2, 0) is 23.7 Å². The van der Waals surface area contributed by atoms with E-state index < -0.39 is 28.6 Å². The summed E-state index contributed by atoms with van der Waals surface area (Å²) < 4.78 is 58.5. The van der Waals surface area contributed by atoms with Crippen LogP contribution in [0.4, 0.5) is 24.9 Å². The van der Waals surface area contributed by atoms with Gasteiger partial charge in [-0.05, 0) is 49.2 Å². The third-order valence-corrected chi connectivity index (χ3v) is 5.53. The summed E-state index contributed by atoms with van der Waals surface area (Å²) in [5.74, 6) is -0.290. The van der Waals surface area contributed by atoms with Crippen molar-refractivity contribution in [2.45, 2.75) is 31.5 Å². The summed E-state index contributed by atoms with van der Waals surface area (Å²) in [5, 5.41) is 9.09. The third kappa shape index (κ3) is 5.26. The van der Waals surface area contributed by atoms with E-state index in [0.29, 0.717) is 22.7 Å². The zero-order valence-electron chi connectivity index (χ0n) is 17.8. The maximum absolute atomic E-state index is 12.9. The number of hydrogen-bond acceptors (Lipinski definition) is 7. The van der Waals surface area contributed by atoms with Crippen molar-refractivity contribution in [1.82, 2.24) is 14.7 Å². The Morgan fingerprint density at radius 1 is 1.26 bits per heavy atom. The molecule has 0 saturated heterocycles. The molecule has 0 aliphatic heterocycles. The van der Waals surface area contributed by atoms with Gasteiger partial charge in [0.2, 0.25) is 0 Å². The van der Waals surface area contributed by atoms with E-state index in [1.54, 1.807) is 29.2 Å². The Labute approximate surface area is 195 Å². The molecule has 1 aromatic carbocycles. The van der Waals surface area contributed by atoms with E-state index in [9.17, 15) is 22.2 Å². The second kappa shape index (κ2) is 9.26. The topological polar surface area (TPSA) is 112 Å². The highest BCUT2D eigenvalue weighted by Gasteiger charge is 2.35. The summed E-state index contributed by atoms with van der Waals surface area (Å²) in [6.07, 6.45) is -0.841. The number of alkyl halides is 3. The van der Waals surface area contributed by atoms with Crippen molar-refractivity contribution in [2.24, 2.45) is 0 Å². The number of pyridine rings is 1. The maximum atomic E-state index is 12.9. The van der Waals surface area contributed by atoms with Crippen molar-refractivity contribution in [3.05, 3.63) is 70.9 Å². The van der Waals surface area contributed by atoms with Crippen molar-refractivity contribution >= 4 is 28.6 Å². The minimum absolute atomic E-state index is 0.000648. The molecule has 0 spiro atoms. The molecule has 1 unspecified atom stereocenters. The van der Waals surface area contributed by atoms with Crippen LogP contribution in [0.3, 0.4) is 0 Å². The van der Waals surface area contributed by atoms with E-state index in [1.807, 2.05) is 6.07 Å². The highest BCUT2D eigenvalue weighted by molar-refractivity contribution is 7.82. The molecule has 0 radical (unpaired) electrons. The molecule has 0 bridgehead atoms. The van der Waals surface area contributed by atoms with Crippen LogP contribution >= 0.6 is 0 Å². The Morgan fingerprint density at radius 2 is 1.97 bits per heavy atom. The van der Waals surface area contributed by atoms with Crippen LogP contribution in [0.5, 0.6) is 0 Å². The lowest BCUT2D eigenvalue weighted by molar-refractivity contribution is -0.137. The molecule has 176 valence electrons. The second-order valence-corrected chi connectivity index (χ2v) is 8.76. The number of anilines is 2. The van der Waals surface area contributed by atoms with E-state index in [-0.39, 0.29) is 24.2 Å². The Bertz CT molecular complexity index is 1260. The van der Waals surface area contributed by atoms with Gasteiger partial charge in [-0.2, -0.15) is 23.4 Å². The molecule has 12 heteroatoms. The van der Waals surface area contributed by atoms with Crippen LogP contribution in [0.1, 0.15) is 51.8 Å². The van der Waals surface area contributed by atoms with Gasteiger partial charge in [0.05, 0.1) is 29.4 Å². The van der Waals surface area contributed by atoms with E-state index in [1.165, 1.54) is 12.3 Å². The van der Waals surface area contributed by atoms with Crippen LogP contribution in [0.2, 0.25) is 0 Å². The molecule has 2 aromatic heterocycles. The van der Waals surface area contributed by atoms with Gasteiger partial charge in [-0.25, -0.2) is 4.21 Å². The van der Waals surface area contributed by atoms with Crippen molar-refractivity contribution in [1.29, 1.82) is 5.26 Å². The number of carbonyl (C=O) groups excluding carboxylic acids is 1. The molecule has 1 N–H and O–H groups in total. The van der Waals surface area contributed by atoms with Crippen LogP contribution in [0, 0.1) is 11.3 Å². The number of amides is 1. The second-order valence-electron chi connectivity index (χ2n) is 7.65. The predicted octanol–water partition coefficient (Wildman–Crippen LogP) is 4.20. The van der Waals surface area contributed by atoms with Gasteiger partial charge in [-0.1, -0.05) is 0 Å². The molecule has 34 heavy (non-hydrogen) atoms. The van der Waals surface area contributed by atoms with Crippen molar-refractivity contribution < 1.29 is 26.6 Å². The zero-order valence-corrected chi connectivity index (χ0v) is 18.6. The first-order valence-electron chi connectivity index (χ1n) is 10.1. The van der Waals surface area contributed by atoms with Crippen LogP contribution in [-0.4, -0.2) is 26.3 Å². The number of nitrogens with zero attached hydrogens (tertiary/aromatic N) is 4. The average molecular weight is 489 g/mol. The van der Waals surface area contributed by atoms with E-state index in [2.05, 4.69) is 14.7 Å². The summed E-state index contributed by atoms with van der Waals surface area (Å²) in [5.41, 5.74) is 0.360. The highest BCUT2D eigenvalue weighted by atomic mass is 32.2. The third-order valence-electron chi connectivity index (χ3n) is 5.05. The van der Waals surface area contributed by atoms with E-state index in [4.69, 9.17) is 9.68 Å². The fraction of sp³-hybridized carbons (Fsp3) is 0.273. The molecule has 1 aliphatic rings. The lowest BCUT2D eigenvalue weighted by Gasteiger charge is -2.20. The molecular formula is C22H18F3N5O3S. The van der Waals surface area contributed by atoms with Crippen molar-refractivity contribution in [3.63, 3.8) is 0 Å². The standard InChI is InChI=1S/C22H18F3N5O3S/c1-34(32)29-20(31)18-19(14-4-5-14)33-21(28-18)30(17-8-2-13(10-26)3-9-17)12-16-7-6-15(11-27-16)22(23,24)25/h2-3,6-9,11,14H,4-5,12H2,1H3,(H,29,31). The first kappa shape index (κ1) is 23.4. The highest BCUT2D eigenvalue weighted by Crippen LogP contribution is 2.44. The van der Waals surface area contributed by atoms with Gasteiger partial charge in [-0.15, -0.1) is 0 Å². The minimum Gasteiger partial charge on any atom is -0.427 e. The minimum atomic E-state index is -4.51. The lowest BCUT2D eigenvalue weighted by atomic mass is 10.2. The molecule has 1 amide bonds. The molecule has 1 aliphatic carbocycles. The SMILES string of the molecule is CS(=O)NC(=O)c1nc(N(Cc2ccc(C(F)(F)F)cn2)c2ccc(C#N)cc2)oc1C1CC1. The number of benzene rings is 1.